The quantitative estimate of drug-likeness (QED) is 0.435. The van der Waals surface area contributed by atoms with E-state index in [1.54, 1.807) is 12.3 Å². The van der Waals surface area contributed by atoms with E-state index in [9.17, 15) is 4.79 Å². The SMILES string of the molecule is C[I-]OC(=O)c1cc(C#N)cc[nH+]1. The number of hydrogen-bond donors (Lipinski definition) is 0. The van der Waals surface area contributed by atoms with Gasteiger partial charge >= 0.3 is 86.3 Å². The van der Waals surface area contributed by atoms with Crippen LogP contribution in [0.1, 0.15) is 16.1 Å². The van der Waals surface area contributed by atoms with Crippen LogP contribution in [0.2, 0.25) is 0 Å². The standard InChI is InChI=1S/C8H6IN2O2/c1-9-13-8(12)7-4-6(5-10)2-3-11-7/h2-4H,1H3/q-1/p+1. The number of rotatable bonds is 2. The summed E-state index contributed by atoms with van der Waals surface area (Å²) in [5.41, 5.74) is 0.764. The third-order valence-electron chi connectivity index (χ3n) is 1.30. The van der Waals surface area contributed by atoms with Crippen molar-refractivity contribution >= 4 is 5.97 Å². The normalized spacial score (nSPS) is 9.23. The molecule has 5 heteroatoms. The topological polar surface area (TPSA) is 64.2 Å². The number of H-pyrrole nitrogens is 1. The van der Waals surface area contributed by atoms with E-state index < -0.39 is 27.6 Å². The molecule has 0 spiro atoms. The molecule has 0 bridgehead atoms. The summed E-state index contributed by atoms with van der Waals surface area (Å²) in [6, 6.07) is 5.01. The van der Waals surface area contributed by atoms with Gasteiger partial charge in [0.1, 0.15) is 0 Å². The number of aromatic nitrogens is 1. The maximum atomic E-state index is 11.2. The molecule has 1 rings (SSSR count). The second-order valence-corrected chi connectivity index (χ2v) is 3.44. The van der Waals surface area contributed by atoms with E-state index in [4.69, 9.17) is 8.33 Å². The predicted octanol–water partition coefficient (Wildman–Crippen LogP) is -2.84. The summed E-state index contributed by atoms with van der Waals surface area (Å²) in [7, 11) is 0. The first kappa shape index (κ1) is 9.92. The number of carbonyl (C=O) groups excluding carboxylic acids is 1. The van der Waals surface area contributed by atoms with Crippen LogP contribution in [0.25, 0.3) is 0 Å². The minimum absolute atomic E-state index is 0.320. The van der Waals surface area contributed by atoms with Gasteiger partial charge in [-0.3, -0.25) is 0 Å². The Morgan fingerprint density at radius 1 is 1.77 bits per heavy atom. The molecular weight excluding hydrogens is 283 g/mol. The Labute approximate surface area is 86.4 Å². The van der Waals surface area contributed by atoms with Crippen LogP contribution in [0.15, 0.2) is 18.3 Å². The zero-order valence-electron chi connectivity index (χ0n) is 6.87. The van der Waals surface area contributed by atoms with Gasteiger partial charge in [0.05, 0.1) is 0 Å². The molecule has 13 heavy (non-hydrogen) atoms. The molecule has 0 fully saturated rings. The number of nitriles is 1. The fraction of sp³-hybridized carbons (Fsp3) is 0.125. The first-order valence-corrected chi connectivity index (χ1v) is 6.44. The van der Waals surface area contributed by atoms with Gasteiger partial charge in [0.2, 0.25) is 0 Å². The molecule has 0 radical (unpaired) electrons. The molecule has 0 unspecified atom stereocenters. The molecule has 4 nitrogen and oxygen atoms in total. The first-order chi connectivity index (χ1) is 6.27. The Kier molecular flexibility index (Phi) is 3.64. The zero-order chi connectivity index (χ0) is 9.68. The van der Waals surface area contributed by atoms with Gasteiger partial charge in [-0.25, -0.2) is 0 Å². The van der Waals surface area contributed by atoms with Gasteiger partial charge in [-0.1, -0.05) is 0 Å². The fourth-order valence-electron chi connectivity index (χ4n) is 0.766. The Morgan fingerprint density at radius 3 is 3.15 bits per heavy atom. The molecule has 68 valence electrons. The monoisotopic (exact) mass is 290 g/mol. The zero-order valence-corrected chi connectivity index (χ0v) is 9.03. The number of alkyl halides is 1. The second-order valence-electron chi connectivity index (χ2n) is 2.12. The van der Waals surface area contributed by atoms with Crippen LogP contribution in [0.5, 0.6) is 0 Å². The molecule has 0 saturated carbocycles. The van der Waals surface area contributed by atoms with E-state index in [1.165, 1.54) is 6.07 Å². The number of hydrogen-bond acceptors (Lipinski definition) is 3. The number of carbonyl (C=O) groups is 1. The van der Waals surface area contributed by atoms with Crippen molar-refractivity contribution in [3.05, 3.63) is 29.6 Å². The van der Waals surface area contributed by atoms with Gasteiger partial charge in [0, 0.05) is 0 Å². The molecule has 1 aromatic heterocycles. The molecule has 0 aromatic carbocycles. The summed E-state index contributed by atoms with van der Waals surface area (Å²) in [6.07, 6.45) is 1.54. The first-order valence-electron chi connectivity index (χ1n) is 3.40. The van der Waals surface area contributed by atoms with Crippen LogP contribution in [0.4, 0.5) is 0 Å². The van der Waals surface area contributed by atoms with E-state index in [-0.39, 0.29) is 0 Å². The van der Waals surface area contributed by atoms with Gasteiger partial charge in [0.15, 0.2) is 0 Å². The molecule has 0 aliphatic rings. The number of aromatic amines is 1. The van der Waals surface area contributed by atoms with E-state index in [1.807, 2.05) is 11.0 Å². The van der Waals surface area contributed by atoms with Crippen molar-refractivity contribution in [1.29, 1.82) is 5.26 Å². The Bertz CT molecular complexity index is 359. The van der Waals surface area contributed by atoms with Crippen molar-refractivity contribution in [2.45, 2.75) is 0 Å². The molecular formula is C8H7IN2O2. The van der Waals surface area contributed by atoms with Crippen LogP contribution < -0.4 is 26.6 Å². The Balaban J connectivity index is 2.90. The van der Waals surface area contributed by atoms with Crippen molar-refractivity contribution in [2.75, 3.05) is 4.93 Å². The number of nitrogens with zero attached hydrogens (tertiary/aromatic N) is 1. The summed E-state index contributed by atoms with van der Waals surface area (Å²) in [4.78, 5) is 15.7. The van der Waals surface area contributed by atoms with Crippen LogP contribution >= 0.6 is 0 Å². The number of pyridine rings is 1. The summed E-state index contributed by atoms with van der Waals surface area (Å²) in [6.45, 7) is 0. The average Bonchev–Trinajstić information content (AvgIpc) is 2.18. The number of nitrogens with one attached hydrogen (secondary N) is 1. The minimum atomic E-state index is -0.525. The molecule has 1 aromatic rings. The maximum absolute atomic E-state index is 11.2. The summed E-state index contributed by atoms with van der Waals surface area (Å²) in [5.74, 6) is -0.396. The van der Waals surface area contributed by atoms with E-state index in [0.29, 0.717) is 11.3 Å². The third kappa shape index (κ3) is 2.66. The summed E-state index contributed by atoms with van der Waals surface area (Å²) < 4.78 is 4.86. The van der Waals surface area contributed by atoms with E-state index in [0.717, 1.165) is 0 Å². The Hall–Kier alpha value is -1.16. The van der Waals surface area contributed by atoms with Crippen molar-refractivity contribution in [1.82, 2.24) is 0 Å². The second kappa shape index (κ2) is 4.77. The van der Waals surface area contributed by atoms with Gasteiger partial charge in [-0.05, 0) is 0 Å². The molecule has 0 aliphatic carbocycles. The number of halogens is 1. The van der Waals surface area contributed by atoms with Crippen molar-refractivity contribution < 1.29 is 34.5 Å². The summed E-state index contributed by atoms with van der Waals surface area (Å²) >= 11 is -0.525. The van der Waals surface area contributed by atoms with Crippen molar-refractivity contribution in [3.63, 3.8) is 0 Å². The van der Waals surface area contributed by atoms with Crippen LogP contribution in [0.3, 0.4) is 0 Å². The van der Waals surface area contributed by atoms with E-state index in [2.05, 4.69) is 4.98 Å². The van der Waals surface area contributed by atoms with Crippen LogP contribution in [-0.2, 0) is 3.07 Å². The van der Waals surface area contributed by atoms with Gasteiger partial charge in [-0.15, -0.1) is 0 Å². The third-order valence-corrected chi connectivity index (χ3v) is 2.14. The Morgan fingerprint density at radius 2 is 2.54 bits per heavy atom. The van der Waals surface area contributed by atoms with E-state index >= 15 is 0 Å². The summed E-state index contributed by atoms with van der Waals surface area (Å²) in [5, 5.41) is 8.56. The van der Waals surface area contributed by atoms with Gasteiger partial charge in [-0.2, -0.15) is 0 Å². The molecule has 1 heterocycles. The van der Waals surface area contributed by atoms with Gasteiger partial charge in [0.25, 0.3) is 0 Å². The molecule has 1 N–H and O–H groups in total. The molecule has 0 aliphatic heterocycles. The van der Waals surface area contributed by atoms with Gasteiger partial charge < -0.3 is 0 Å². The molecule has 0 atom stereocenters. The predicted molar refractivity (Wildman–Crippen MR) is 39.1 cm³/mol. The van der Waals surface area contributed by atoms with Crippen molar-refractivity contribution in [3.8, 4) is 6.07 Å². The van der Waals surface area contributed by atoms with Crippen LogP contribution in [-0.4, -0.2) is 10.9 Å². The van der Waals surface area contributed by atoms with Crippen LogP contribution in [0, 0.1) is 11.3 Å². The molecule has 0 saturated heterocycles. The van der Waals surface area contributed by atoms with Crippen molar-refractivity contribution in [2.24, 2.45) is 0 Å². The molecule has 0 amide bonds. The average molecular weight is 290 g/mol. The fourth-order valence-corrected chi connectivity index (χ4v) is 1.40.